The summed E-state index contributed by atoms with van der Waals surface area (Å²) in [4.78, 5) is 0. The molecule has 0 amide bonds. The zero-order valence-electron chi connectivity index (χ0n) is 13.0. The van der Waals surface area contributed by atoms with Gasteiger partial charge in [0, 0.05) is 30.8 Å². The predicted molar refractivity (Wildman–Crippen MR) is 87.1 cm³/mol. The van der Waals surface area contributed by atoms with Crippen LogP contribution in [0.4, 0.5) is 0 Å². The lowest BCUT2D eigenvalue weighted by Crippen LogP contribution is -2.24. The van der Waals surface area contributed by atoms with E-state index in [0.29, 0.717) is 12.7 Å². The standard InChI is InChI=1S/C17H26ClNO2/c1-13-3-6-16(7-4-13)21-17-8-5-15(18)11-14(17)12-19-9-10-20-2/h5,8,11,13,16,19H,3-4,6-7,9-10,12H2,1-2H3. The van der Waals surface area contributed by atoms with E-state index in [9.17, 15) is 0 Å². The molecule has 0 radical (unpaired) electrons. The number of benzene rings is 1. The summed E-state index contributed by atoms with van der Waals surface area (Å²) in [6.07, 6.45) is 5.18. The monoisotopic (exact) mass is 311 g/mol. The minimum absolute atomic E-state index is 0.347. The molecule has 1 aromatic rings. The smallest absolute Gasteiger partial charge is 0.124 e. The van der Waals surface area contributed by atoms with Crippen LogP contribution in [0.3, 0.4) is 0 Å². The van der Waals surface area contributed by atoms with E-state index in [1.54, 1.807) is 7.11 Å². The molecule has 0 aliphatic heterocycles. The Morgan fingerprint density at radius 1 is 1.24 bits per heavy atom. The third kappa shape index (κ3) is 5.50. The SMILES string of the molecule is COCCNCc1cc(Cl)ccc1OC1CCC(C)CC1. The summed E-state index contributed by atoms with van der Waals surface area (Å²) in [6.45, 7) is 4.60. The topological polar surface area (TPSA) is 30.5 Å². The van der Waals surface area contributed by atoms with Crippen molar-refractivity contribution >= 4 is 11.6 Å². The summed E-state index contributed by atoms with van der Waals surface area (Å²) in [5.74, 6) is 1.80. The van der Waals surface area contributed by atoms with Crippen LogP contribution in [0.2, 0.25) is 5.02 Å². The number of nitrogens with one attached hydrogen (secondary N) is 1. The lowest BCUT2D eigenvalue weighted by atomic mass is 9.89. The molecule has 1 saturated carbocycles. The van der Waals surface area contributed by atoms with Gasteiger partial charge in [0.1, 0.15) is 5.75 Å². The molecule has 1 aromatic carbocycles. The minimum atomic E-state index is 0.347. The second kappa shape index (κ2) is 8.62. The van der Waals surface area contributed by atoms with Crippen molar-refractivity contribution in [2.45, 2.75) is 45.3 Å². The van der Waals surface area contributed by atoms with Crippen molar-refractivity contribution in [1.29, 1.82) is 0 Å². The third-order valence-electron chi connectivity index (χ3n) is 4.08. The van der Waals surface area contributed by atoms with E-state index in [0.717, 1.165) is 48.2 Å². The molecule has 1 aliphatic rings. The number of ether oxygens (including phenoxy) is 2. The van der Waals surface area contributed by atoms with Gasteiger partial charge in [-0.3, -0.25) is 0 Å². The highest BCUT2D eigenvalue weighted by molar-refractivity contribution is 6.30. The van der Waals surface area contributed by atoms with E-state index < -0.39 is 0 Å². The Morgan fingerprint density at radius 2 is 2.00 bits per heavy atom. The summed E-state index contributed by atoms with van der Waals surface area (Å²) < 4.78 is 11.3. The zero-order chi connectivity index (χ0) is 15.1. The van der Waals surface area contributed by atoms with Gasteiger partial charge in [0.25, 0.3) is 0 Å². The normalized spacial score (nSPS) is 22.2. The zero-order valence-corrected chi connectivity index (χ0v) is 13.8. The molecule has 0 unspecified atom stereocenters. The maximum atomic E-state index is 6.22. The Bertz CT molecular complexity index is 431. The van der Waals surface area contributed by atoms with E-state index in [-0.39, 0.29) is 0 Å². The molecule has 21 heavy (non-hydrogen) atoms. The van der Waals surface area contributed by atoms with Gasteiger partial charge in [-0.1, -0.05) is 18.5 Å². The van der Waals surface area contributed by atoms with Gasteiger partial charge >= 0.3 is 0 Å². The highest BCUT2D eigenvalue weighted by atomic mass is 35.5. The second-order valence-electron chi connectivity index (χ2n) is 5.92. The third-order valence-corrected chi connectivity index (χ3v) is 4.31. The summed E-state index contributed by atoms with van der Waals surface area (Å²) in [5.41, 5.74) is 1.12. The van der Waals surface area contributed by atoms with Crippen LogP contribution in [0.25, 0.3) is 0 Å². The van der Waals surface area contributed by atoms with Crippen LogP contribution < -0.4 is 10.1 Å². The summed E-state index contributed by atoms with van der Waals surface area (Å²) in [6, 6.07) is 5.89. The van der Waals surface area contributed by atoms with Crippen LogP contribution in [0.15, 0.2) is 18.2 Å². The molecule has 0 spiro atoms. The number of methoxy groups -OCH3 is 1. The Labute approximate surface area is 133 Å². The van der Waals surface area contributed by atoms with Gasteiger partial charge in [-0.2, -0.15) is 0 Å². The molecule has 1 aliphatic carbocycles. The summed E-state index contributed by atoms with van der Waals surface area (Å²) in [7, 11) is 1.71. The van der Waals surface area contributed by atoms with Crippen molar-refractivity contribution in [3.05, 3.63) is 28.8 Å². The van der Waals surface area contributed by atoms with Gasteiger partial charge in [-0.15, -0.1) is 0 Å². The fourth-order valence-electron chi connectivity index (χ4n) is 2.73. The van der Waals surface area contributed by atoms with Crippen molar-refractivity contribution in [3.63, 3.8) is 0 Å². The van der Waals surface area contributed by atoms with E-state index in [1.807, 2.05) is 18.2 Å². The molecule has 1 N–H and O–H groups in total. The van der Waals surface area contributed by atoms with Crippen LogP contribution in [0, 0.1) is 5.92 Å². The second-order valence-corrected chi connectivity index (χ2v) is 6.36. The Balaban J connectivity index is 1.94. The maximum Gasteiger partial charge on any atom is 0.124 e. The first kappa shape index (κ1) is 16.6. The summed E-state index contributed by atoms with van der Waals surface area (Å²) in [5, 5.41) is 4.10. The molecule has 4 heteroatoms. The van der Waals surface area contributed by atoms with Crippen LogP contribution in [0.1, 0.15) is 38.2 Å². The first-order chi connectivity index (χ1) is 10.2. The Kier molecular flexibility index (Phi) is 6.81. The molecule has 0 bridgehead atoms. The maximum absolute atomic E-state index is 6.22. The van der Waals surface area contributed by atoms with Crippen LogP contribution in [-0.2, 0) is 11.3 Å². The van der Waals surface area contributed by atoms with Crippen molar-refractivity contribution in [3.8, 4) is 5.75 Å². The van der Waals surface area contributed by atoms with Gasteiger partial charge < -0.3 is 14.8 Å². The fourth-order valence-corrected chi connectivity index (χ4v) is 2.92. The average Bonchev–Trinajstić information content (AvgIpc) is 2.48. The van der Waals surface area contributed by atoms with Crippen LogP contribution >= 0.6 is 11.6 Å². The van der Waals surface area contributed by atoms with E-state index >= 15 is 0 Å². The van der Waals surface area contributed by atoms with E-state index in [4.69, 9.17) is 21.1 Å². The molecular formula is C17H26ClNO2. The molecule has 0 heterocycles. The molecule has 0 atom stereocenters. The number of halogens is 1. The molecule has 0 saturated heterocycles. The molecule has 118 valence electrons. The Morgan fingerprint density at radius 3 is 2.71 bits per heavy atom. The van der Waals surface area contributed by atoms with Crippen LogP contribution in [0.5, 0.6) is 5.75 Å². The highest BCUT2D eigenvalue weighted by Gasteiger charge is 2.20. The Hall–Kier alpha value is -0.770. The summed E-state index contributed by atoms with van der Waals surface area (Å²) >= 11 is 6.11. The molecule has 2 rings (SSSR count). The van der Waals surface area contributed by atoms with Crippen molar-refractivity contribution in [2.75, 3.05) is 20.3 Å². The molecule has 1 fully saturated rings. The number of hydrogen-bond donors (Lipinski definition) is 1. The molecular weight excluding hydrogens is 286 g/mol. The van der Waals surface area contributed by atoms with Gasteiger partial charge in [-0.05, 0) is 49.8 Å². The first-order valence-electron chi connectivity index (χ1n) is 7.83. The van der Waals surface area contributed by atoms with Gasteiger partial charge in [0.05, 0.1) is 12.7 Å². The van der Waals surface area contributed by atoms with Gasteiger partial charge in [0.2, 0.25) is 0 Å². The van der Waals surface area contributed by atoms with Crippen LogP contribution in [-0.4, -0.2) is 26.4 Å². The molecule has 0 aromatic heterocycles. The highest BCUT2D eigenvalue weighted by Crippen LogP contribution is 2.30. The van der Waals surface area contributed by atoms with Crippen molar-refractivity contribution in [1.82, 2.24) is 5.32 Å². The van der Waals surface area contributed by atoms with Crippen molar-refractivity contribution < 1.29 is 9.47 Å². The van der Waals surface area contributed by atoms with E-state index in [1.165, 1.54) is 12.8 Å². The lowest BCUT2D eigenvalue weighted by Gasteiger charge is -2.27. The first-order valence-corrected chi connectivity index (χ1v) is 8.21. The molecule has 3 nitrogen and oxygen atoms in total. The van der Waals surface area contributed by atoms with E-state index in [2.05, 4.69) is 12.2 Å². The quantitative estimate of drug-likeness (QED) is 0.771. The lowest BCUT2D eigenvalue weighted by molar-refractivity contribution is 0.134. The van der Waals surface area contributed by atoms with Gasteiger partial charge in [0.15, 0.2) is 0 Å². The van der Waals surface area contributed by atoms with Gasteiger partial charge in [-0.25, -0.2) is 0 Å². The fraction of sp³-hybridized carbons (Fsp3) is 0.647. The minimum Gasteiger partial charge on any atom is -0.490 e. The van der Waals surface area contributed by atoms with Crippen molar-refractivity contribution in [2.24, 2.45) is 5.92 Å². The average molecular weight is 312 g/mol. The largest absolute Gasteiger partial charge is 0.490 e. The predicted octanol–water partition coefficient (Wildman–Crippen LogP) is 4.03. The number of rotatable bonds is 7. The number of hydrogen-bond acceptors (Lipinski definition) is 3.